The first-order valence-corrected chi connectivity index (χ1v) is 8.44. The van der Waals surface area contributed by atoms with Crippen LogP contribution >= 0.6 is 15.9 Å². The lowest BCUT2D eigenvalue weighted by Gasteiger charge is -2.29. The average molecular weight is 473 g/mol. The number of esters is 1. The smallest absolute Gasteiger partial charge is 0.430 e. The summed E-state index contributed by atoms with van der Waals surface area (Å²) in [5.74, 6) is -1.34. The summed E-state index contributed by atoms with van der Waals surface area (Å²) in [7, 11) is 0. The van der Waals surface area contributed by atoms with Crippen LogP contribution in [0.25, 0.3) is 6.08 Å². The number of aryl methyl sites for hydroxylation is 1. The van der Waals surface area contributed by atoms with Gasteiger partial charge in [0.1, 0.15) is 19.0 Å². The lowest BCUT2D eigenvalue weighted by molar-refractivity contribution is -0.200. The van der Waals surface area contributed by atoms with Crippen LogP contribution in [0.1, 0.15) is 11.1 Å². The van der Waals surface area contributed by atoms with Crippen LogP contribution in [0.2, 0.25) is 0 Å². The highest BCUT2D eigenvalue weighted by Crippen LogP contribution is 2.40. The van der Waals surface area contributed by atoms with Crippen LogP contribution in [0.15, 0.2) is 22.2 Å². The summed E-state index contributed by atoms with van der Waals surface area (Å²) in [6.07, 6.45) is -7.66. The molecular weight excluding hydrogens is 457 g/mol. The normalized spacial score (nSPS) is 16.4. The SMILES string of the molecule is Cc1cc(Br)cc2c1O[C@H](C(F)(F)F)C(C(=O)OC(CONO)CONO)=C2. The molecule has 0 bridgehead atoms. The third-order valence-electron chi connectivity index (χ3n) is 3.57. The zero-order chi connectivity index (χ0) is 20.9. The Hall–Kier alpha value is -1.74. The lowest BCUT2D eigenvalue weighted by atomic mass is 9.99. The van der Waals surface area contributed by atoms with Gasteiger partial charge in [-0.05, 0) is 30.7 Å². The Labute approximate surface area is 165 Å². The van der Waals surface area contributed by atoms with E-state index in [1.807, 2.05) is 0 Å². The molecule has 1 heterocycles. The molecule has 2 rings (SSSR count). The fourth-order valence-corrected chi connectivity index (χ4v) is 3.04. The number of rotatable bonds is 8. The summed E-state index contributed by atoms with van der Waals surface area (Å²) < 4.78 is 51.1. The molecule has 1 aromatic carbocycles. The Morgan fingerprint density at radius 3 is 2.43 bits per heavy atom. The van der Waals surface area contributed by atoms with Gasteiger partial charge in [0.05, 0.1) is 5.57 Å². The molecule has 1 aliphatic rings. The van der Waals surface area contributed by atoms with Gasteiger partial charge in [-0.15, -0.1) is 0 Å². The fourth-order valence-electron chi connectivity index (χ4n) is 2.45. The van der Waals surface area contributed by atoms with E-state index in [0.717, 1.165) is 6.08 Å². The number of ether oxygens (including phenoxy) is 2. The number of alkyl halides is 3. The van der Waals surface area contributed by atoms with E-state index in [1.165, 1.54) is 17.4 Å². The van der Waals surface area contributed by atoms with Crippen molar-refractivity contribution in [1.82, 2.24) is 11.3 Å². The molecule has 1 aromatic rings. The number of carbonyl (C=O) groups is 1. The second kappa shape index (κ2) is 9.65. The predicted octanol–water partition coefficient (Wildman–Crippen LogP) is 2.20. The molecule has 0 fully saturated rings. The van der Waals surface area contributed by atoms with Crippen molar-refractivity contribution < 1.29 is 47.5 Å². The third-order valence-corrected chi connectivity index (χ3v) is 4.03. The van der Waals surface area contributed by atoms with Gasteiger partial charge in [-0.25, -0.2) is 4.79 Å². The number of carbonyl (C=O) groups excluding carboxylic acids is 1. The van der Waals surface area contributed by atoms with Crippen molar-refractivity contribution in [2.75, 3.05) is 13.2 Å². The zero-order valence-corrected chi connectivity index (χ0v) is 15.8. The van der Waals surface area contributed by atoms with Crippen molar-refractivity contribution in [3.05, 3.63) is 33.3 Å². The van der Waals surface area contributed by atoms with E-state index >= 15 is 0 Å². The number of halogens is 4. The van der Waals surface area contributed by atoms with Gasteiger partial charge in [-0.2, -0.15) is 13.2 Å². The number of nitrogens with one attached hydrogen (secondary N) is 2. The molecule has 156 valence electrons. The van der Waals surface area contributed by atoms with E-state index in [2.05, 4.69) is 25.6 Å². The molecule has 0 spiro atoms. The van der Waals surface area contributed by atoms with Gasteiger partial charge in [-0.1, -0.05) is 27.2 Å². The highest BCUT2D eigenvalue weighted by molar-refractivity contribution is 9.10. The van der Waals surface area contributed by atoms with Crippen molar-refractivity contribution in [3.63, 3.8) is 0 Å². The number of hydrogen-bond donors (Lipinski definition) is 4. The zero-order valence-electron chi connectivity index (χ0n) is 14.2. The summed E-state index contributed by atoms with van der Waals surface area (Å²) in [4.78, 5) is 21.3. The molecule has 0 saturated carbocycles. The summed E-state index contributed by atoms with van der Waals surface area (Å²) in [6.45, 7) is 0.592. The van der Waals surface area contributed by atoms with Crippen LogP contribution in [0.5, 0.6) is 5.75 Å². The van der Waals surface area contributed by atoms with Crippen molar-refractivity contribution >= 4 is 28.0 Å². The molecule has 13 heteroatoms. The van der Waals surface area contributed by atoms with Crippen molar-refractivity contribution in [3.8, 4) is 5.75 Å². The summed E-state index contributed by atoms with van der Waals surface area (Å²) in [5, 5.41) is 16.9. The van der Waals surface area contributed by atoms with Crippen molar-refractivity contribution in [2.24, 2.45) is 0 Å². The van der Waals surface area contributed by atoms with Crippen LogP contribution in [0.4, 0.5) is 13.2 Å². The van der Waals surface area contributed by atoms with Gasteiger partial charge in [0.15, 0.2) is 6.10 Å². The minimum absolute atomic E-state index is 0.000692. The molecule has 28 heavy (non-hydrogen) atoms. The lowest BCUT2D eigenvalue weighted by Crippen LogP contribution is -2.42. The largest absolute Gasteiger partial charge is 0.475 e. The quantitative estimate of drug-likeness (QED) is 0.333. The molecule has 1 aliphatic heterocycles. The van der Waals surface area contributed by atoms with Crippen LogP contribution in [0.3, 0.4) is 0 Å². The Morgan fingerprint density at radius 2 is 1.89 bits per heavy atom. The van der Waals surface area contributed by atoms with Crippen LogP contribution in [-0.4, -0.2) is 48.0 Å². The maximum Gasteiger partial charge on any atom is 0.430 e. The molecule has 0 unspecified atom stereocenters. The molecule has 0 radical (unpaired) electrons. The standard InChI is InChI=1S/C15H16BrF3N2O7/c1-7-2-9(16)3-8-4-11(13(15(17,18)19)28-12(7)8)14(22)27-10(5-25-20-23)6-26-21-24/h2-4,10,13,20-21,23-24H,5-6H2,1H3/t13-/m0/s1. The first kappa shape index (κ1) is 22.5. The monoisotopic (exact) mass is 472 g/mol. The first-order chi connectivity index (χ1) is 13.2. The minimum atomic E-state index is -4.89. The Morgan fingerprint density at radius 1 is 1.29 bits per heavy atom. The molecule has 0 saturated heterocycles. The predicted molar refractivity (Wildman–Crippen MR) is 89.0 cm³/mol. The summed E-state index contributed by atoms with van der Waals surface area (Å²) in [6, 6.07) is 3.08. The third kappa shape index (κ3) is 5.64. The molecule has 0 aromatic heterocycles. The van der Waals surface area contributed by atoms with Crippen molar-refractivity contribution in [1.29, 1.82) is 0 Å². The number of benzene rings is 1. The van der Waals surface area contributed by atoms with Gasteiger partial charge in [0.2, 0.25) is 6.10 Å². The molecule has 1 atom stereocenters. The Kier molecular flexibility index (Phi) is 7.77. The van der Waals surface area contributed by atoms with E-state index in [4.69, 9.17) is 19.9 Å². The van der Waals surface area contributed by atoms with Gasteiger partial charge in [0.25, 0.3) is 0 Å². The summed E-state index contributed by atoms with van der Waals surface area (Å²) >= 11 is 3.23. The van der Waals surface area contributed by atoms with Crippen molar-refractivity contribution in [2.45, 2.75) is 25.3 Å². The Bertz CT molecular complexity index is 737. The maximum absolute atomic E-state index is 13.5. The van der Waals surface area contributed by atoms with Gasteiger partial charge in [0, 0.05) is 10.0 Å². The first-order valence-electron chi connectivity index (χ1n) is 7.65. The molecule has 0 aliphatic carbocycles. The van der Waals surface area contributed by atoms with E-state index in [9.17, 15) is 18.0 Å². The van der Waals surface area contributed by atoms with E-state index in [0.29, 0.717) is 10.0 Å². The number of hydrogen-bond acceptors (Lipinski definition) is 9. The fraction of sp³-hybridized carbons (Fsp3) is 0.400. The minimum Gasteiger partial charge on any atom is -0.475 e. The second-order valence-corrected chi connectivity index (χ2v) is 6.53. The Balaban J connectivity index is 2.34. The maximum atomic E-state index is 13.5. The van der Waals surface area contributed by atoms with Crippen LogP contribution in [-0.2, 0) is 19.2 Å². The van der Waals surface area contributed by atoms with Crippen LogP contribution < -0.4 is 16.0 Å². The van der Waals surface area contributed by atoms with Gasteiger partial charge < -0.3 is 9.47 Å². The average Bonchev–Trinajstić information content (AvgIpc) is 2.61. The van der Waals surface area contributed by atoms with Gasteiger partial charge >= 0.3 is 12.1 Å². The molecular formula is C15H16BrF3N2O7. The van der Waals surface area contributed by atoms with E-state index in [-0.39, 0.29) is 11.3 Å². The van der Waals surface area contributed by atoms with Crippen LogP contribution in [0, 0.1) is 6.92 Å². The van der Waals surface area contributed by atoms with E-state index in [1.54, 1.807) is 13.0 Å². The highest BCUT2D eigenvalue weighted by Gasteiger charge is 2.49. The highest BCUT2D eigenvalue weighted by atomic mass is 79.9. The van der Waals surface area contributed by atoms with E-state index < -0.39 is 43.1 Å². The topological polar surface area (TPSA) is 119 Å². The summed E-state index contributed by atoms with van der Waals surface area (Å²) in [5.41, 5.74) is 2.59. The molecule has 4 N–H and O–H groups in total. The second-order valence-electron chi connectivity index (χ2n) is 5.61. The molecule has 0 amide bonds. The number of fused-ring (bicyclic) bond motifs is 1. The molecule has 9 nitrogen and oxygen atoms in total. The van der Waals surface area contributed by atoms with Gasteiger partial charge in [-0.3, -0.25) is 20.1 Å².